The molecule has 120 valence electrons. The summed E-state index contributed by atoms with van der Waals surface area (Å²) in [5.41, 5.74) is 5.60. The number of ether oxygens (including phenoxy) is 1. The SMILES string of the molecule is Cc1cc(=O)c2c(o1)C(c1cccc([N+](=O)[O-])c1)C(C#N)=C(N)O2. The third-order valence-corrected chi connectivity index (χ3v) is 3.62. The first-order chi connectivity index (χ1) is 11.4. The fourth-order valence-corrected chi connectivity index (χ4v) is 2.61. The number of rotatable bonds is 2. The topological polar surface area (TPSA) is 132 Å². The highest BCUT2D eigenvalue weighted by molar-refractivity contribution is 5.53. The molecule has 0 aliphatic carbocycles. The molecule has 0 saturated carbocycles. The molecule has 1 aliphatic rings. The van der Waals surface area contributed by atoms with E-state index in [1.54, 1.807) is 13.0 Å². The molecule has 0 radical (unpaired) electrons. The number of aryl methyl sites for hydroxylation is 1. The molecule has 8 heteroatoms. The first-order valence-corrected chi connectivity index (χ1v) is 6.89. The minimum Gasteiger partial charge on any atom is -0.461 e. The van der Waals surface area contributed by atoms with Crippen LogP contribution in [0.25, 0.3) is 0 Å². The van der Waals surface area contributed by atoms with Gasteiger partial charge in [-0.25, -0.2) is 0 Å². The van der Waals surface area contributed by atoms with Gasteiger partial charge in [-0.15, -0.1) is 0 Å². The molecule has 2 heterocycles. The summed E-state index contributed by atoms with van der Waals surface area (Å²) in [6.45, 7) is 1.58. The number of nitrogens with zero attached hydrogens (tertiary/aromatic N) is 2. The zero-order valence-electron chi connectivity index (χ0n) is 12.5. The Bertz CT molecular complexity index is 984. The van der Waals surface area contributed by atoms with Crippen molar-refractivity contribution in [3.8, 4) is 11.8 Å². The maximum atomic E-state index is 12.1. The van der Waals surface area contributed by atoms with Crippen molar-refractivity contribution in [3.63, 3.8) is 0 Å². The van der Waals surface area contributed by atoms with Crippen molar-refractivity contribution < 1.29 is 14.1 Å². The molecule has 0 amide bonds. The molecule has 2 aromatic rings. The van der Waals surface area contributed by atoms with Gasteiger partial charge in [-0.3, -0.25) is 14.9 Å². The van der Waals surface area contributed by atoms with Crippen molar-refractivity contribution in [2.24, 2.45) is 5.73 Å². The van der Waals surface area contributed by atoms with E-state index < -0.39 is 16.3 Å². The van der Waals surface area contributed by atoms with Crippen LogP contribution in [-0.4, -0.2) is 4.92 Å². The summed E-state index contributed by atoms with van der Waals surface area (Å²) in [4.78, 5) is 22.6. The molecule has 2 N–H and O–H groups in total. The van der Waals surface area contributed by atoms with Crippen molar-refractivity contribution in [2.75, 3.05) is 0 Å². The van der Waals surface area contributed by atoms with E-state index in [1.165, 1.54) is 24.3 Å². The van der Waals surface area contributed by atoms with Gasteiger partial charge in [-0.05, 0) is 12.5 Å². The molecule has 1 aromatic heterocycles. The largest absolute Gasteiger partial charge is 0.461 e. The zero-order valence-corrected chi connectivity index (χ0v) is 12.5. The maximum absolute atomic E-state index is 12.1. The number of hydrogen-bond donors (Lipinski definition) is 1. The second-order valence-electron chi connectivity index (χ2n) is 5.19. The number of nitrogens with two attached hydrogens (primary N) is 1. The van der Waals surface area contributed by atoms with Crippen LogP contribution in [0.1, 0.15) is 23.0 Å². The second kappa shape index (κ2) is 5.55. The van der Waals surface area contributed by atoms with Crippen molar-refractivity contribution in [1.29, 1.82) is 5.26 Å². The van der Waals surface area contributed by atoms with Gasteiger partial charge in [0.2, 0.25) is 17.1 Å². The Morgan fingerprint density at radius 3 is 2.79 bits per heavy atom. The number of fused-ring (bicyclic) bond motifs is 1. The molecular formula is C16H11N3O5. The van der Waals surface area contributed by atoms with Crippen molar-refractivity contribution in [1.82, 2.24) is 0 Å². The van der Waals surface area contributed by atoms with Crippen LogP contribution in [0.5, 0.6) is 5.75 Å². The van der Waals surface area contributed by atoms with E-state index in [1.807, 2.05) is 6.07 Å². The van der Waals surface area contributed by atoms with Crippen LogP contribution >= 0.6 is 0 Å². The number of allylic oxidation sites excluding steroid dienone is 1. The minimum atomic E-state index is -0.855. The predicted octanol–water partition coefficient (Wildman–Crippen LogP) is 2.07. The lowest BCUT2D eigenvalue weighted by Gasteiger charge is -2.24. The molecule has 1 aromatic carbocycles. The Morgan fingerprint density at radius 2 is 2.12 bits per heavy atom. The molecule has 24 heavy (non-hydrogen) atoms. The Balaban J connectivity index is 2.30. The average molecular weight is 325 g/mol. The lowest BCUT2D eigenvalue weighted by Crippen LogP contribution is -2.25. The summed E-state index contributed by atoms with van der Waals surface area (Å²) in [5, 5.41) is 20.4. The zero-order chi connectivity index (χ0) is 17.4. The molecule has 0 saturated heterocycles. The molecule has 0 fully saturated rings. The van der Waals surface area contributed by atoms with Crippen LogP contribution in [0.2, 0.25) is 0 Å². The highest BCUT2D eigenvalue weighted by Gasteiger charge is 2.35. The van der Waals surface area contributed by atoms with Crippen LogP contribution in [-0.2, 0) is 0 Å². The highest BCUT2D eigenvalue weighted by Crippen LogP contribution is 2.41. The number of nitriles is 1. The average Bonchev–Trinajstić information content (AvgIpc) is 2.54. The molecule has 8 nitrogen and oxygen atoms in total. The van der Waals surface area contributed by atoms with Gasteiger partial charge in [-0.2, -0.15) is 5.26 Å². The van der Waals surface area contributed by atoms with Gasteiger partial charge in [0.05, 0.1) is 10.8 Å². The lowest BCUT2D eigenvalue weighted by molar-refractivity contribution is -0.384. The van der Waals surface area contributed by atoms with Gasteiger partial charge in [0.1, 0.15) is 17.4 Å². The fraction of sp³-hybridized carbons (Fsp3) is 0.125. The fourth-order valence-electron chi connectivity index (χ4n) is 2.61. The van der Waals surface area contributed by atoms with E-state index in [4.69, 9.17) is 14.9 Å². The molecule has 1 unspecified atom stereocenters. The van der Waals surface area contributed by atoms with Crippen LogP contribution in [0.4, 0.5) is 5.69 Å². The molecule has 1 aliphatic heterocycles. The number of non-ortho nitro benzene ring substituents is 1. The third-order valence-electron chi connectivity index (χ3n) is 3.62. The Labute approximate surface area is 135 Å². The highest BCUT2D eigenvalue weighted by atomic mass is 16.6. The van der Waals surface area contributed by atoms with E-state index in [-0.39, 0.29) is 28.7 Å². The summed E-state index contributed by atoms with van der Waals surface area (Å²) >= 11 is 0. The predicted molar refractivity (Wildman–Crippen MR) is 82.1 cm³/mol. The van der Waals surface area contributed by atoms with Crippen molar-refractivity contribution >= 4 is 5.69 Å². The Morgan fingerprint density at radius 1 is 1.38 bits per heavy atom. The monoisotopic (exact) mass is 325 g/mol. The molecule has 0 bridgehead atoms. The van der Waals surface area contributed by atoms with E-state index in [9.17, 15) is 20.2 Å². The maximum Gasteiger partial charge on any atom is 0.269 e. The first-order valence-electron chi connectivity index (χ1n) is 6.89. The van der Waals surface area contributed by atoms with Crippen LogP contribution in [0.15, 0.2) is 51.0 Å². The standard InChI is InChI=1S/C16H11N3O5/c1-8-5-12(20)14-15(23-8)13(11(7-17)16(18)24-14)9-3-2-4-10(6-9)19(21)22/h2-6,13H,18H2,1H3. The number of nitro benzene ring substituents is 1. The van der Waals surface area contributed by atoms with Crippen LogP contribution in [0, 0.1) is 28.4 Å². The molecule has 3 rings (SSSR count). The normalized spacial score (nSPS) is 16.1. The van der Waals surface area contributed by atoms with Crippen LogP contribution in [0.3, 0.4) is 0 Å². The Hall–Kier alpha value is -3.60. The smallest absolute Gasteiger partial charge is 0.269 e. The quantitative estimate of drug-likeness (QED) is 0.660. The molecular weight excluding hydrogens is 314 g/mol. The van der Waals surface area contributed by atoms with Crippen LogP contribution < -0.4 is 15.9 Å². The van der Waals surface area contributed by atoms with E-state index in [0.717, 1.165) is 0 Å². The van der Waals surface area contributed by atoms with Crippen molar-refractivity contribution in [3.05, 3.63) is 79.2 Å². The lowest BCUT2D eigenvalue weighted by atomic mass is 9.87. The number of hydrogen-bond acceptors (Lipinski definition) is 7. The van der Waals surface area contributed by atoms with E-state index in [0.29, 0.717) is 11.3 Å². The van der Waals surface area contributed by atoms with Gasteiger partial charge < -0.3 is 14.9 Å². The molecule has 1 atom stereocenters. The summed E-state index contributed by atoms with van der Waals surface area (Å²) in [7, 11) is 0. The van der Waals surface area contributed by atoms with Gasteiger partial charge in [0.15, 0.2) is 5.76 Å². The van der Waals surface area contributed by atoms with Gasteiger partial charge in [-0.1, -0.05) is 12.1 Å². The summed E-state index contributed by atoms with van der Waals surface area (Å²) < 4.78 is 10.8. The summed E-state index contributed by atoms with van der Waals surface area (Å²) in [6.07, 6.45) is 0. The molecule has 0 spiro atoms. The number of nitro groups is 1. The van der Waals surface area contributed by atoms with Gasteiger partial charge in [0, 0.05) is 18.2 Å². The Kier molecular flexibility index (Phi) is 3.54. The van der Waals surface area contributed by atoms with E-state index >= 15 is 0 Å². The third kappa shape index (κ3) is 2.38. The van der Waals surface area contributed by atoms with Gasteiger partial charge >= 0.3 is 0 Å². The van der Waals surface area contributed by atoms with Gasteiger partial charge in [0.25, 0.3) is 5.69 Å². The summed E-state index contributed by atoms with van der Waals surface area (Å²) in [6, 6.07) is 8.90. The minimum absolute atomic E-state index is 0.0248. The summed E-state index contributed by atoms with van der Waals surface area (Å²) in [5.74, 6) is -0.765. The second-order valence-corrected chi connectivity index (χ2v) is 5.19. The number of benzene rings is 1. The van der Waals surface area contributed by atoms with Crippen molar-refractivity contribution in [2.45, 2.75) is 12.8 Å². The van der Waals surface area contributed by atoms with E-state index in [2.05, 4.69) is 0 Å². The first kappa shape index (κ1) is 15.3.